The Morgan fingerprint density at radius 2 is 1.97 bits per heavy atom. The number of rotatable bonds is 5. The zero-order chi connectivity index (χ0) is 24.8. The summed E-state index contributed by atoms with van der Waals surface area (Å²) in [5.41, 5.74) is 8.93. The number of amides is 3. The number of pyridine rings is 1. The van der Waals surface area contributed by atoms with Gasteiger partial charge in [0.25, 0.3) is 5.91 Å². The van der Waals surface area contributed by atoms with Gasteiger partial charge in [-0.05, 0) is 68.1 Å². The lowest BCUT2D eigenvalue weighted by molar-refractivity contribution is 0.0939. The van der Waals surface area contributed by atoms with E-state index < -0.39 is 0 Å². The highest BCUT2D eigenvalue weighted by molar-refractivity contribution is 7.21. The van der Waals surface area contributed by atoms with Crippen molar-refractivity contribution >= 4 is 50.6 Å². The number of carbonyl (C=O) groups is 2. The van der Waals surface area contributed by atoms with E-state index in [1.165, 1.54) is 11.3 Å². The normalized spacial score (nSPS) is 18.8. The van der Waals surface area contributed by atoms with E-state index in [-0.39, 0.29) is 24.0 Å². The van der Waals surface area contributed by atoms with Crippen LogP contribution >= 0.6 is 11.3 Å². The van der Waals surface area contributed by atoms with Gasteiger partial charge >= 0.3 is 6.03 Å². The van der Waals surface area contributed by atoms with Gasteiger partial charge in [-0.2, -0.15) is 0 Å². The van der Waals surface area contributed by atoms with Crippen LogP contribution in [-0.4, -0.2) is 29.0 Å². The molecule has 36 heavy (non-hydrogen) atoms. The van der Waals surface area contributed by atoms with Crippen molar-refractivity contribution in [3.8, 4) is 11.5 Å². The van der Waals surface area contributed by atoms with Crippen molar-refractivity contribution in [2.24, 2.45) is 5.73 Å². The van der Waals surface area contributed by atoms with Crippen molar-refractivity contribution in [1.29, 1.82) is 0 Å². The molecule has 3 heterocycles. The molecule has 2 aromatic carbocycles. The Bertz CT molecular complexity index is 1490. The Balaban J connectivity index is 1.35. The summed E-state index contributed by atoms with van der Waals surface area (Å²) in [6.07, 6.45) is 4.42. The average molecular weight is 500 g/mol. The van der Waals surface area contributed by atoms with E-state index in [0.717, 1.165) is 41.6 Å². The summed E-state index contributed by atoms with van der Waals surface area (Å²) in [5.74, 6) is 1.19. The third kappa shape index (κ3) is 3.86. The molecule has 0 radical (unpaired) electrons. The predicted molar refractivity (Wildman–Crippen MR) is 142 cm³/mol. The number of urea groups is 1. The number of aryl methyl sites for hydroxylation is 1. The number of ether oxygens (including phenoxy) is 1. The van der Waals surface area contributed by atoms with Crippen molar-refractivity contribution in [2.45, 2.75) is 38.3 Å². The van der Waals surface area contributed by atoms with Crippen molar-refractivity contribution in [2.75, 3.05) is 10.2 Å². The van der Waals surface area contributed by atoms with E-state index in [2.05, 4.69) is 15.6 Å². The largest absolute Gasteiger partial charge is 0.457 e. The van der Waals surface area contributed by atoms with Crippen LogP contribution in [0.15, 0.2) is 60.8 Å². The van der Waals surface area contributed by atoms with Gasteiger partial charge in [0.15, 0.2) is 0 Å². The molecule has 0 bridgehead atoms. The van der Waals surface area contributed by atoms with Gasteiger partial charge in [0.05, 0.1) is 22.4 Å². The summed E-state index contributed by atoms with van der Waals surface area (Å²) in [6.45, 7) is 1.94. The lowest BCUT2D eigenvalue weighted by atomic mass is 10.1. The molecule has 1 fully saturated rings. The number of para-hydroxylation sites is 1. The summed E-state index contributed by atoms with van der Waals surface area (Å²) in [5, 5.41) is 6.77. The van der Waals surface area contributed by atoms with Gasteiger partial charge in [0, 0.05) is 18.3 Å². The van der Waals surface area contributed by atoms with Crippen LogP contribution in [0.25, 0.3) is 10.2 Å². The minimum atomic E-state index is -0.333. The molecular weight excluding hydrogens is 474 g/mol. The number of thiophene rings is 1. The highest BCUT2D eigenvalue weighted by atomic mass is 32.1. The van der Waals surface area contributed by atoms with Gasteiger partial charge in [0.1, 0.15) is 21.2 Å². The van der Waals surface area contributed by atoms with E-state index in [1.807, 2.05) is 55.5 Å². The third-order valence-electron chi connectivity index (χ3n) is 6.73. The van der Waals surface area contributed by atoms with Crippen LogP contribution in [-0.2, 0) is 0 Å². The van der Waals surface area contributed by atoms with Gasteiger partial charge in [0.2, 0.25) is 0 Å². The van der Waals surface area contributed by atoms with Gasteiger partial charge in [-0.3, -0.25) is 9.69 Å². The first-order valence-corrected chi connectivity index (χ1v) is 12.7. The minimum Gasteiger partial charge on any atom is -0.457 e. The summed E-state index contributed by atoms with van der Waals surface area (Å²) < 4.78 is 5.95. The van der Waals surface area contributed by atoms with E-state index >= 15 is 0 Å². The van der Waals surface area contributed by atoms with E-state index in [4.69, 9.17) is 10.5 Å². The standard InChI is InChI=1S/C27H25N5O3S/c1-15-14-17(35-16-6-3-2-4-7-16)10-11-20(15)32-21-12-13-29-26-22(21)23(31-27(32)34)24(36-26)25(33)30-19-9-5-8-18(19)28/h2-4,6-7,10-14,18-19H,5,8-9,28H2,1H3,(H,30,33)(H,31,34). The fourth-order valence-corrected chi connectivity index (χ4v) is 5.97. The van der Waals surface area contributed by atoms with Gasteiger partial charge in [-0.1, -0.05) is 18.2 Å². The number of carbonyl (C=O) groups excluding carboxylic acids is 2. The monoisotopic (exact) mass is 499 g/mol. The molecule has 9 heteroatoms. The smallest absolute Gasteiger partial charge is 0.331 e. The SMILES string of the molecule is Cc1cc(Oc2ccccc2)ccc1N1C(=O)Nc2c(C(=O)NC3CCCC3N)sc3nccc1c23. The number of nitrogens with zero attached hydrogens (tertiary/aromatic N) is 2. The molecule has 2 unspecified atom stereocenters. The number of nitrogens with one attached hydrogen (secondary N) is 2. The van der Waals surface area contributed by atoms with Crippen LogP contribution < -0.4 is 26.0 Å². The highest BCUT2D eigenvalue weighted by Crippen LogP contribution is 2.46. The minimum absolute atomic E-state index is 0.0460. The van der Waals surface area contributed by atoms with Crippen molar-refractivity contribution < 1.29 is 14.3 Å². The van der Waals surface area contributed by atoms with Crippen LogP contribution in [0.2, 0.25) is 0 Å². The summed E-state index contributed by atoms with van der Waals surface area (Å²) in [6, 6.07) is 16.5. The first-order valence-electron chi connectivity index (χ1n) is 11.9. The molecule has 1 saturated carbocycles. The maximum absolute atomic E-state index is 13.4. The first-order chi connectivity index (χ1) is 17.5. The molecule has 3 amide bonds. The summed E-state index contributed by atoms with van der Waals surface area (Å²) in [4.78, 5) is 33.8. The maximum atomic E-state index is 13.4. The number of hydrogen-bond acceptors (Lipinski definition) is 6. The van der Waals surface area contributed by atoms with Gasteiger partial charge in [-0.25, -0.2) is 9.78 Å². The molecule has 1 aliphatic heterocycles. The molecule has 0 saturated heterocycles. The topological polar surface area (TPSA) is 110 Å². The second-order valence-electron chi connectivity index (χ2n) is 9.12. The van der Waals surface area contributed by atoms with Crippen LogP contribution in [0, 0.1) is 6.92 Å². The maximum Gasteiger partial charge on any atom is 0.331 e. The van der Waals surface area contributed by atoms with Crippen LogP contribution in [0.5, 0.6) is 11.5 Å². The van der Waals surface area contributed by atoms with E-state index in [1.54, 1.807) is 17.2 Å². The third-order valence-corrected chi connectivity index (χ3v) is 7.82. The molecule has 182 valence electrons. The lowest BCUT2D eigenvalue weighted by Gasteiger charge is -2.29. The Morgan fingerprint density at radius 1 is 1.14 bits per heavy atom. The van der Waals surface area contributed by atoms with Crippen molar-refractivity contribution in [1.82, 2.24) is 10.3 Å². The molecule has 2 atom stereocenters. The fourth-order valence-electron chi connectivity index (χ4n) is 4.95. The zero-order valence-electron chi connectivity index (χ0n) is 19.7. The number of benzene rings is 2. The quantitative estimate of drug-likeness (QED) is 0.327. The zero-order valence-corrected chi connectivity index (χ0v) is 20.5. The fraction of sp³-hybridized carbons (Fsp3) is 0.222. The molecule has 4 N–H and O–H groups in total. The Labute approximate surface area is 212 Å². The van der Waals surface area contributed by atoms with Crippen molar-refractivity contribution in [3.63, 3.8) is 0 Å². The number of nitrogens with two attached hydrogens (primary N) is 1. The second kappa shape index (κ2) is 8.92. The summed E-state index contributed by atoms with van der Waals surface area (Å²) >= 11 is 1.28. The first kappa shape index (κ1) is 22.5. The van der Waals surface area contributed by atoms with E-state index in [0.29, 0.717) is 26.8 Å². The molecule has 8 nitrogen and oxygen atoms in total. The van der Waals surface area contributed by atoms with Crippen molar-refractivity contribution in [3.05, 3.63) is 71.2 Å². The molecular formula is C27H25N5O3S. The van der Waals surface area contributed by atoms with Crippen LogP contribution in [0.4, 0.5) is 21.9 Å². The predicted octanol–water partition coefficient (Wildman–Crippen LogP) is 5.69. The second-order valence-corrected chi connectivity index (χ2v) is 10.1. The summed E-state index contributed by atoms with van der Waals surface area (Å²) in [7, 11) is 0. The number of hydrogen-bond donors (Lipinski definition) is 3. The van der Waals surface area contributed by atoms with Crippen LogP contribution in [0.3, 0.4) is 0 Å². The van der Waals surface area contributed by atoms with Gasteiger partial charge in [-0.15, -0.1) is 11.3 Å². The Kier molecular flexibility index (Phi) is 5.58. The Morgan fingerprint density at radius 3 is 2.72 bits per heavy atom. The molecule has 0 spiro atoms. The lowest BCUT2D eigenvalue weighted by Crippen LogP contribution is -2.44. The van der Waals surface area contributed by atoms with Crippen LogP contribution in [0.1, 0.15) is 34.5 Å². The molecule has 1 aliphatic carbocycles. The number of aromatic nitrogens is 1. The average Bonchev–Trinajstić information content (AvgIpc) is 3.45. The van der Waals surface area contributed by atoms with E-state index in [9.17, 15) is 9.59 Å². The molecule has 2 aliphatic rings. The molecule has 2 aromatic heterocycles. The highest BCUT2D eigenvalue weighted by Gasteiger charge is 2.34. The molecule has 4 aromatic rings. The Hall–Kier alpha value is -3.95. The van der Waals surface area contributed by atoms with Gasteiger partial charge < -0.3 is 21.1 Å². The molecule has 6 rings (SSSR count). The number of anilines is 3.